The van der Waals surface area contributed by atoms with Gasteiger partial charge in [0.25, 0.3) is 0 Å². The zero-order chi connectivity index (χ0) is 19.6. The molecule has 3 aromatic rings. The summed E-state index contributed by atoms with van der Waals surface area (Å²) < 4.78 is 5.88. The third-order valence-electron chi connectivity index (χ3n) is 4.14. The lowest BCUT2D eigenvalue weighted by molar-refractivity contribution is -0.126. The fourth-order valence-corrected chi connectivity index (χ4v) is 2.71. The van der Waals surface area contributed by atoms with Crippen molar-refractivity contribution < 1.29 is 9.21 Å². The summed E-state index contributed by atoms with van der Waals surface area (Å²) in [5.41, 5.74) is 3.90. The van der Waals surface area contributed by atoms with Crippen LogP contribution in [-0.2, 0) is 11.2 Å². The van der Waals surface area contributed by atoms with Crippen LogP contribution in [0.25, 0.3) is 22.6 Å². The second kappa shape index (κ2) is 7.48. The summed E-state index contributed by atoms with van der Waals surface area (Å²) in [5.74, 6) is 0.411. The number of nitrogens with zero attached hydrogens (tertiary/aromatic N) is 1. The first-order valence-corrected chi connectivity index (χ1v) is 9.29. The van der Waals surface area contributed by atoms with Crippen molar-refractivity contribution in [2.45, 2.75) is 34.1 Å². The maximum Gasteiger partial charge on any atom is 0.231 e. The molecule has 0 saturated heterocycles. The molecule has 0 fully saturated rings. The molecule has 5 nitrogen and oxygen atoms in total. The average Bonchev–Trinajstić information content (AvgIpc) is 3.04. The molecule has 0 aliphatic carbocycles. The van der Waals surface area contributed by atoms with Crippen LogP contribution in [0.15, 0.2) is 46.9 Å². The number of amides is 1. The largest absolute Gasteiger partial charge is 0.436 e. The first-order chi connectivity index (χ1) is 12.8. The molecule has 0 atom stereocenters. The van der Waals surface area contributed by atoms with Crippen molar-refractivity contribution in [3.8, 4) is 11.5 Å². The fourth-order valence-electron chi connectivity index (χ4n) is 2.50. The van der Waals surface area contributed by atoms with Gasteiger partial charge in [-0.25, -0.2) is 4.98 Å². The van der Waals surface area contributed by atoms with Crippen LogP contribution in [0.2, 0.25) is 0 Å². The third kappa shape index (κ3) is 4.52. The molecular weight excluding hydrogens is 358 g/mol. The molecule has 1 amide bonds. The minimum absolute atomic E-state index is 0.137. The highest BCUT2D eigenvalue weighted by atomic mass is 32.1. The lowest BCUT2D eigenvalue weighted by Crippen LogP contribution is -2.41. The molecule has 2 N–H and O–H groups in total. The van der Waals surface area contributed by atoms with E-state index in [-0.39, 0.29) is 11.0 Å². The molecule has 2 aromatic carbocycles. The van der Waals surface area contributed by atoms with E-state index in [1.165, 1.54) is 5.56 Å². The van der Waals surface area contributed by atoms with Gasteiger partial charge in [0.05, 0.1) is 0 Å². The highest BCUT2D eigenvalue weighted by Gasteiger charge is 2.22. The number of aromatic nitrogens is 1. The van der Waals surface area contributed by atoms with Crippen molar-refractivity contribution in [1.29, 1.82) is 0 Å². The predicted octanol–water partition coefficient (Wildman–Crippen LogP) is 4.92. The van der Waals surface area contributed by atoms with E-state index in [1.807, 2.05) is 63.2 Å². The van der Waals surface area contributed by atoms with Crippen molar-refractivity contribution in [3.63, 3.8) is 0 Å². The number of benzene rings is 2. The normalized spacial score (nSPS) is 11.4. The van der Waals surface area contributed by atoms with E-state index in [1.54, 1.807) is 0 Å². The van der Waals surface area contributed by atoms with Crippen LogP contribution in [0.3, 0.4) is 0 Å². The van der Waals surface area contributed by atoms with Gasteiger partial charge in [-0.15, -0.1) is 0 Å². The molecule has 6 heteroatoms. The summed E-state index contributed by atoms with van der Waals surface area (Å²) in [4.78, 5) is 16.6. The second-order valence-electron chi connectivity index (χ2n) is 7.41. The number of carbonyl (C=O) groups excluding carboxylic acids is 1. The summed E-state index contributed by atoms with van der Waals surface area (Å²) in [6.45, 7) is 7.62. The van der Waals surface area contributed by atoms with Crippen molar-refractivity contribution in [3.05, 3.63) is 48.0 Å². The summed E-state index contributed by atoms with van der Waals surface area (Å²) in [6.07, 6.45) is 0.954. The zero-order valence-corrected chi connectivity index (χ0v) is 16.7. The monoisotopic (exact) mass is 381 g/mol. The fraction of sp³-hybridized carbons (Fsp3) is 0.286. The van der Waals surface area contributed by atoms with Gasteiger partial charge in [0.1, 0.15) is 5.52 Å². The van der Waals surface area contributed by atoms with Gasteiger partial charge in [0.2, 0.25) is 11.8 Å². The Morgan fingerprint density at radius 3 is 2.67 bits per heavy atom. The van der Waals surface area contributed by atoms with Gasteiger partial charge in [-0.05, 0) is 54.5 Å². The molecule has 140 valence electrons. The molecule has 3 rings (SSSR count). The number of fused-ring (bicyclic) bond motifs is 1. The van der Waals surface area contributed by atoms with Crippen molar-refractivity contribution in [2.75, 3.05) is 5.32 Å². The summed E-state index contributed by atoms with van der Waals surface area (Å²) in [5, 5.41) is 6.00. The van der Waals surface area contributed by atoms with Crippen molar-refractivity contribution in [2.24, 2.45) is 5.41 Å². The average molecular weight is 382 g/mol. The lowest BCUT2D eigenvalue weighted by Gasteiger charge is -2.18. The molecule has 0 aliphatic heterocycles. The Morgan fingerprint density at radius 2 is 1.96 bits per heavy atom. The van der Waals surface area contributed by atoms with E-state index in [9.17, 15) is 4.79 Å². The van der Waals surface area contributed by atoms with Gasteiger partial charge in [-0.1, -0.05) is 39.8 Å². The number of aryl methyl sites for hydroxylation is 1. The molecule has 0 aliphatic rings. The SMILES string of the molecule is CCc1ccc2oc(-c3cccc(NC(=S)NC(=O)C(C)(C)C)c3)nc2c1. The smallest absolute Gasteiger partial charge is 0.231 e. The number of oxazole rings is 1. The van der Waals surface area contributed by atoms with E-state index in [0.717, 1.165) is 28.8 Å². The number of hydrogen-bond donors (Lipinski definition) is 2. The quantitative estimate of drug-likeness (QED) is 0.631. The van der Waals surface area contributed by atoms with E-state index >= 15 is 0 Å². The topological polar surface area (TPSA) is 67.2 Å². The number of rotatable bonds is 3. The number of carbonyl (C=O) groups is 1. The molecular formula is C21H23N3O2S. The van der Waals surface area contributed by atoms with Crippen molar-refractivity contribution >= 4 is 40.0 Å². The number of thiocarbonyl (C=S) groups is 1. The van der Waals surface area contributed by atoms with Gasteiger partial charge in [0.15, 0.2) is 10.7 Å². The van der Waals surface area contributed by atoms with E-state index < -0.39 is 5.41 Å². The number of hydrogen-bond acceptors (Lipinski definition) is 4. The van der Waals surface area contributed by atoms with Gasteiger partial charge < -0.3 is 15.1 Å². The summed E-state index contributed by atoms with van der Waals surface area (Å²) in [6, 6.07) is 13.6. The highest BCUT2D eigenvalue weighted by molar-refractivity contribution is 7.80. The van der Waals surface area contributed by atoms with Gasteiger partial charge in [-0.3, -0.25) is 4.79 Å². The van der Waals surface area contributed by atoms with Gasteiger partial charge >= 0.3 is 0 Å². The third-order valence-corrected chi connectivity index (χ3v) is 4.34. The van der Waals surface area contributed by atoms with Crippen LogP contribution in [0.1, 0.15) is 33.3 Å². The maximum atomic E-state index is 12.0. The molecule has 0 unspecified atom stereocenters. The Hall–Kier alpha value is -2.73. The highest BCUT2D eigenvalue weighted by Crippen LogP contribution is 2.27. The molecule has 27 heavy (non-hydrogen) atoms. The predicted molar refractivity (Wildman–Crippen MR) is 113 cm³/mol. The molecule has 0 radical (unpaired) electrons. The first-order valence-electron chi connectivity index (χ1n) is 8.88. The van der Waals surface area contributed by atoms with E-state index in [4.69, 9.17) is 16.6 Å². The zero-order valence-electron chi connectivity index (χ0n) is 15.9. The Morgan fingerprint density at radius 1 is 1.19 bits per heavy atom. The van der Waals surface area contributed by atoms with Gasteiger partial charge in [-0.2, -0.15) is 0 Å². The summed E-state index contributed by atoms with van der Waals surface area (Å²) >= 11 is 5.24. The molecule has 0 spiro atoms. The van der Waals surface area contributed by atoms with Crippen LogP contribution in [0, 0.1) is 5.41 Å². The minimum atomic E-state index is -0.511. The van der Waals surface area contributed by atoms with Crippen LogP contribution in [-0.4, -0.2) is 16.0 Å². The molecule has 1 heterocycles. The Kier molecular flexibility index (Phi) is 5.28. The van der Waals surface area contributed by atoms with Crippen molar-refractivity contribution in [1.82, 2.24) is 10.3 Å². The van der Waals surface area contributed by atoms with E-state index in [2.05, 4.69) is 22.5 Å². The molecule has 0 bridgehead atoms. The maximum absolute atomic E-state index is 12.0. The Labute approximate surface area is 164 Å². The van der Waals surface area contributed by atoms with Crippen LogP contribution in [0.4, 0.5) is 5.69 Å². The number of anilines is 1. The molecule has 0 saturated carbocycles. The van der Waals surface area contributed by atoms with Crippen LogP contribution in [0.5, 0.6) is 0 Å². The van der Waals surface area contributed by atoms with E-state index in [0.29, 0.717) is 5.89 Å². The second-order valence-corrected chi connectivity index (χ2v) is 7.82. The van der Waals surface area contributed by atoms with Crippen LogP contribution < -0.4 is 10.6 Å². The lowest BCUT2D eigenvalue weighted by atomic mass is 9.96. The standard InChI is InChI=1S/C21H23N3O2S/c1-5-13-9-10-17-16(11-13)23-18(26-17)14-7-6-8-15(12-14)22-20(27)24-19(25)21(2,3)4/h6-12H,5H2,1-4H3,(H2,22,24,25,27). The Balaban J connectivity index is 1.79. The Bertz CT molecular complexity index is 1000. The van der Waals surface area contributed by atoms with Gasteiger partial charge in [0, 0.05) is 16.7 Å². The minimum Gasteiger partial charge on any atom is -0.436 e. The first kappa shape index (κ1) is 19.0. The summed E-state index contributed by atoms with van der Waals surface area (Å²) in [7, 11) is 0. The molecule has 1 aromatic heterocycles. The number of nitrogens with one attached hydrogen (secondary N) is 2. The van der Waals surface area contributed by atoms with Crippen LogP contribution >= 0.6 is 12.2 Å².